The van der Waals surface area contributed by atoms with Gasteiger partial charge in [0.15, 0.2) is 0 Å². The third kappa shape index (κ3) is 7.05. The zero-order valence-electron chi connectivity index (χ0n) is 18.6. The van der Waals surface area contributed by atoms with Gasteiger partial charge in [-0.2, -0.15) is 0 Å². The molecule has 0 aliphatic carbocycles. The fourth-order valence-electron chi connectivity index (χ4n) is 3.50. The highest BCUT2D eigenvalue weighted by atomic mass is 35.5. The summed E-state index contributed by atoms with van der Waals surface area (Å²) in [7, 11) is 1.52. The van der Waals surface area contributed by atoms with Gasteiger partial charge in [-0.25, -0.2) is 8.78 Å². The zero-order chi connectivity index (χ0) is 24.5. The van der Waals surface area contributed by atoms with Gasteiger partial charge in [0.05, 0.1) is 5.75 Å². The summed E-state index contributed by atoms with van der Waals surface area (Å²) in [5.41, 5.74) is 1.93. The lowest BCUT2D eigenvalue weighted by atomic mass is 10.0. The summed E-state index contributed by atoms with van der Waals surface area (Å²) in [6.07, 6.45) is 0.317. The summed E-state index contributed by atoms with van der Waals surface area (Å²) in [4.78, 5) is 27.7. The first-order chi connectivity index (χ1) is 16.4. The Morgan fingerprint density at radius 3 is 2.32 bits per heavy atom. The van der Waals surface area contributed by atoms with Crippen LogP contribution in [0.2, 0.25) is 5.02 Å². The number of likely N-dealkylation sites (N-methyl/N-ethyl adjacent to an activating group) is 1. The van der Waals surface area contributed by atoms with E-state index in [1.165, 1.54) is 48.0 Å². The van der Waals surface area contributed by atoms with Gasteiger partial charge in [0.1, 0.15) is 17.7 Å². The summed E-state index contributed by atoms with van der Waals surface area (Å²) in [6, 6.07) is 18.9. The smallest absolute Gasteiger partial charge is 0.242 e. The fourth-order valence-corrected chi connectivity index (χ4v) is 4.75. The van der Waals surface area contributed by atoms with Crippen LogP contribution >= 0.6 is 23.4 Å². The van der Waals surface area contributed by atoms with E-state index in [4.69, 9.17) is 11.6 Å². The minimum absolute atomic E-state index is 0.0220. The van der Waals surface area contributed by atoms with Crippen molar-refractivity contribution in [1.29, 1.82) is 0 Å². The average molecular weight is 503 g/mol. The van der Waals surface area contributed by atoms with E-state index < -0.39 is 11.9 Å². The summed E-state index contributed by atoms with van der Waals surface area (Å²) < 4.78 is 27.5. The summed E-state index contributed by atoms with van der Waals surface area (Å²) in [5, 5.41) is 2.95. The lowest BCUT2D eigenvalue weighted by Gasteiger charge is -2.31. The van der Waals surface area contributed by atoms with Crippen molar-refractivity contribution < 1.29 is 18.4 Å². The van der Waals surface area contributed by atoms with Gasteiger partial charge in [0, 0.05) is 36.4 Å². The van der Waals surface area contributed by atoms with Crippen LogP contribution in [0.4, 0.5) is 8.78 Å². The Hall–Kier alpha value is -2.90. The van der Waals surface area contributed by atoms with Crippen LogP contribution in [0.5, 0.6) is 0 Å². The van der Waals surface area contributed by atoms with Gasteiger partial charge in [-0.15, -0.1) is 11.8 Å². The maximum atomic E-state index is 14.1. The van der Waals surface area contributed by atoms with E-state index in [1.54, 1.807) is 18.2 Å². The SMILES string of the molecule is CNC(=O)C(Cc1ccccc1)N(Cc1ccc(F)cc1)C(=O)CSCc1c(F)cccc1Cl. The molecule has 178 valence electrons. The van der Waals surface area contributed by atoms with E-state index in [-0.39, 0.29) is 35.7 Å². The van der Waals surface area contributed by atoms with Crippen molar-refractivity contribution in [3.05, 3.63) is 106 Å². The second-order valence-corrected chi connectivity index (χ2v) is 9.05. The number of hydrogen-bond acceptors (Lipinski definition) is 3. The normalized spacial score (nSPS) is 11.6. The van der Waals surface area contributed by atoms with Gasteiger partial charge >= 0.3 is 0 Å². The molecule has 34 heavy (non-hydrogen) atoms. The van der Waals surface area contributed by atoms with Crippen molar-refractivity contribution in [2.45, 2.75) is 24.8 Å². The van der Waals surface area contributed by atoms with Crippen LogP contribution in [-0.2, 0) is 28.3 Å². The number of rotatable bonds is 10. The van der Waals surface area contributed by atoms with Gasteiger partial charge in [0.2, 0.25) is 11.8 Å². The minimum Gasteiger partial charge on any atom is -0.357 e. The molecule has 0 radical (unpaired) electrons. The van der Waals surface area contributed by atoms with E-state index >= 15 is 0 Å². The second kappa shape index (κ2) is 12.5. The maximum Gasteiger partial charge on any atom is 0.242 e. The lowest BCUT2D eigenvalue weighted by Crippen LogP contribution is -2.50. The molecule has 0 aromatic heterocycles. The van der Waals surface area contributed by atoms with Gasteiger partial charge in [-0.1, -0.05) is 60.1 Å². The van der Waals surface area contributed by atoms with Crippen LogP contribution in [0.25, 0.3) is 0 Å². The molecule has 8 heteroatoms. The number of benzene rings is 3. The largest absolute Gasteiger partial charge is 0.357 e. The Morgan fingerprint density at radius 2 is 1.68 bits per heavy atom. The van der Waals surface area contributed by atoms with Crippen LogP contribution in [0, 0.1) is 11.6 Å². The highest BCUT2D eigenvalue weighted by Crippen LogP contribution is 2.25. The second-order valence-electron chi connectivity index (χ2n) is 7.66. The van der Waals surface area contributed by atoms with E-state index in [2.05, 4.69) is 5.32 Å². The molecule has 0 aliphatic rings. The van der Waals surface area contributed by atoms with Crippen LogP contribution < -0.4 is 5.32 Å². The molecule has 3 aromatic rings. The Kier molecular flexibility index (Phi) is 9.48. The van der Waals surface area contributed by atoms with Crippen molar-refractivity contribution in [2.24, 2.45) is 0 Å². The lowest BCUT2D eigenvalue weighted by molar-refractivity contribution is -0.139. The molecule has 3 aromatic carbocycles. The molecule has 3 rings (SSSR count). The van der Waals surface area contributed by atoms with E-state index in [9.17, 15) is 18.4 Å². The number of nitrogens with one attached hydrogen (secondary N) is 1. The van der Waals surface area contributed by atoms with Gasteiger partial charge in [-0.3, -0.25) is 9.59 Å². The quantitative estimate of drug-likeness (QED) is 0.412. The fraction of sp³-hybridized carbons (Fsp3) is 0.231. The first-order valence-electron chi connectivity index (χ1n) is 10.7. The molecule has 0 spiro atoms. The minimum atomic E-state index is -0.775. The molecule has 1 unspecified atom stereocenters. The van der Waals surface area contributed by atoms with Gasteiger partial charge < -0.3 is 10.2 Å². The average Bonchev–Trinajstić information content (AvgIpc) is 2.84. The van der Waals surface area contributed by atoms with Crippen molar-refractivity contribution >= 4 is 35.2 Å². The Bertz CT molecular complexity index is 1090. The number of carbonyl (C=O) groups excluding carboxylic acids is 2. The molecular formula is C26H25ClF2N2O2S. The number of carbonyl (C=O) groups is 2. The molecule has 1 atom stereocenters. The first kappa shape index (κ1) is 25.7. The van der Waals surface area contributed by atoms with Crippen molar-refractivity contribution in [3.8, 4) is 0 Å². The highest BCUT2D eigenvalue weighted by Gasteiger charge is 2.29. The van der Waals surface area contributed by atoms with E-state index in [0.29, 0.717) is 22.6 Å². The molecule has 0 saturated carbocycles. The Balaban J connectivity index is 1.82. The number of thioether (sulfide) groups is 1. The van der Waals surface area contributed by atoms with Crippen molar-refractivity contribution in [3.63, 3.8) is 0 Å². The van der Waals surface area contributed by atoms with E-state index in [0.717, 1.165) is 5.56 Å². The van der Waals surface area contributed by atoms with Crippen molar-refractivity contribution in [1.82, 2.24) is 10.2 Å². The standard InChI is InChI=1S/C26H25ClF2N2O2S/c1-30-26(33)24(14-18-6-3-2-4-7-18)31(15-19-10-12-20(28)13-11-19)25(32)17-34-16-21-22(27)8-5-9-23(21)29/h2-13,24H,14-17H2,1H3,(H,30,33). The molecule has 0 aliphatic heterocycles. The molecule has 0 fully saturated rings. The van der Waals surface area contributed by atoms with Crippen LogP contribution in [0.1, 0.15) is 16.7 Å². The van der Waals surface area contributed by atoms with Gasteiger partial charge in [-0.05, 0) is 35.4 Å². The van der Waals surface area contributed by atoms with Crippen LogP contribution in [0.15, 0.2) is 72.8 Å². The molecule has 1 N–H and O–H groups in total. The van der Waals surface area contributed by atoms with Crippen LogP contribution in [0.3, 0.4) is 0 Å². The van der Waals surface area contributed by atoms with E-state index in [1.807, 2.05) is 30.3 Å². The zero-order valence-corrected chi connectivity index (χ0v) is 20.2. The molecule has 2 amide bonds. The molecule has 0 heterocycles. The number of halogens is 3. The monoisotopic (exact) mass is 502 g/mol. The predicted molar refractivity (Wildman–Crippen MR) is 133 cm³/mol. The molecule has 0 saturated heterocycles. The number of nitrogens with zero attached hydrogens (tertiary/aromatic N) is 1. The predicted octanol–water partition coefficient (Wildman–Crippen LogP) is 5.24. The maximum absolute atomic E-state index is 14.1. The Labute approximate surface area is 207 Å². The van der Waals surface area contributed by atoms with Crippen LogP contribution in [-0.4, -0.2) is 35.6 Å². The highest BCUT2D eigenvalue weighted by molar-refractivity contribution is 7.99. The first-order valence-corrected chi connectivity index (χ1v) is 12.2. The molecule has 4 nitrogen and oxygen atoms in total. The summed E-state index contributed by atoms with van der Waals surface area (Å²) in [5.74, 6) is -1.17. The van der Waals surface area contributed by atoms with Crippen molar-refractivity contribution in [2.75, 3.05) is 12.8 Å². The third-order valence-electron chi connectivity index (χ3n) is 5.32. The molecular weight excluding hydrogens is 478 g/mol. The third-order valence-corrected chi connectivity index (χ3v) is 6.62. The Morgan fingerprint density at radius 1 is 0.971 bits per heavy atom. The number of amides is 2. The summed E-state index contributed by atoms with van der Waals surface area (Å²) >= 11 is 7.32. The summed E-state index contributed by atoms with van der Waals surface area (Å²) in [6.45, 7) is 0.130. The van der Waals surface area contributed by atoms with Gasteiger partial charge in [0.25, 0.3) is 0 Å². The number of hydrogen-bond donors (Lipinski definition) is 1. The topological polar surface area (TPSA) is 49.4 Å². The molecule has 0 bridgehead atoms.